The van der Waals surface area contributed by atoms with Crippen LogP contribution in [0.3, 0.4) is 0 Å². The summed E-state index contributed by atoms with van der Waals surface area (Å²) in [5.41, 5.74) is -2.65. The molecule has 0 saturated heterocycles. The Morgan fingerprint density at radius 3 is 2.31 bits per heavy atom. The third kappa shape index (κ3) is 2.51. The van der Waals surface area contributed by atoms with E-state index in [0.717, 1.165) is 12.1 Å². The highest BCUT2D eigenvalue weighted by Gasteiger charge is 2.55. The molecule has 1 atom stereocenters. The number of esters is 1. The first-order valence-electron chi connectivity index (χ1n) is 9.45. The van der Waals surface area contributed by atoms with E-state index in [0.29, 0.717) is 0 Å². The molecule has 0 aromatic heterocycles. The van der Waals surface area contributed by atoms with Crippen molar-refractivity contribution in [2.75, 3.05) is 13.9 Å². The molecule has 2 aliphatic heterocycles. The molecule has 1 spiro atoms. The lowest BCUT2D eigenvalue weighted by Gasteiger charge is -2.37. The highest BCUT2D eigenvalue weighted by molar-refractivity contribution is 5.97. The fourth-order valence-electron chi connectivity index (χ4n) is 4.12. The second kappa shape index (κ2) is 6.96. The zero-order chi connectivity index (χ0) is 22.8. The largest absolute Gasteiger partial charge is 0.461 e. The Labute approximate surface area is 179 Å². The van der Waals surface area contributed by atoms with E-state index in [1.165, 1.54) is 26.2 Å². The normalized spacial score (nSPS) is 18.0. The van der Waals surface area contributed by atoms with E-state index in [-0.39, 0.29) is 27.8 Å². The molecule has 2 heterocycles. The minimum absolute atomic E-state index is 0.0909. The topological polar surface area (TPSA) is 54.0 Å². The Bertz CT molecular complexity index is 1310. The summed E-state index contributed by atoms with van der Waals surface area (Å²) in [6.45, 7) is 0.712. The number of carbonyl (C=O) groups is 1. The second-order valence-corrected chi connectivity index (χ2v) is 7.32. The van der Waals surface area contributed by atoms with Crippen LogP contribution in [0.25, 0.3) is 0 Å². The van der Waals surface area contributed by atoms with Crippen LogP contribution in [0.1, 0.15) is 32.6 Å². The Morgan fingerprint density at radius 1 is 0.938 bits per heavy atom. The molecule has 164 valence electrons. The Morgan fingerprint density at radius 2 is 1.59 bits per heavy atom. The lowest BCUT2D eigenvalue weighted by molar-refractivity contribution is 0.0211. The number of rotatable bonds is 3. The Hall–Kier alpha value is -3.59. The second-order valence-electron chi connectivity index (χ2n) is 7.32. The highest BCUT2D eigenvalue weighted by atomic mass is 19.1. The van der Waals surface area contributed by atoms with Crippen molar-refractivity contribution in [3.05, 3.63) is 87.5 Å². The SMILES string of the molecule is COCOc1c(F)cc2c(c1F)Oc1c(cc(F)c(C)c1F)C21OC(=O)c2ccccc21. The van der Waals surface area contributed by atoms with E-state index in [1.807, 2.05) is 0 Å². The van der Waals surface area contributed by atoms with Crippen LogP contribution in [0, 0.1) is 30.2 Å². The lowest BCUT2D eigenvalue weighted by atomic mass is 9.77. The maximum Gasteiger partial charge on any atom is 0.340 e. The molecule has 3 aromatic carbocycles. The quantitative estimate of drug-likeness (QED) is 0.318. The van der Waals surface area contributed by atoms with Crippen molar-refractivity contribution >= 4 is 5.97 Å². The van der Waals surface area contributed by atoms with Crippen molar-refractivity contribution in [1.82, 2.24) is 0 Å². The third-order valence-electron chi connectivity index (χ3n) is 5.59. The molecular formula is C23H14F4O5. The minimum Gasteiger partial charge on any atom is -0.461 e. The van der Waals surface area contributed by atoms with Gasteiger partial charge in [-0.1, -0.05) is 18.2 Å². The van der Waals surface area contributed by atoms with E-state index in [1.54, 1.807) is 12.1 Å². The molecule has 0 bridgehead atoms. The van der Waals surface area contributed by atoms with Crippen molar-refractivity contribution in [2.45, 2.75) is 12.5 Å². The van der Waals surface area contributed by atoms with Crippen LogP contribution in [0.2, 0.25) is 0 Å². The van der Waals surface area contributed by atoms with Crippen LogP contribution in [0.5, 0.6) is 17.2 Å². The number of ether oxygens (including phenoxy) is 4. The maximum absolute atomic E-state index is 15.4. The highest BCUT2D eigenvalue weighted by Crippen LogP contribution is 2.58. The molecule has 9 heteroatoms. The standard InChI is InChI=1S/C23H14F4O5/c1-10-15(24)7-13-19(17(10)26)31-20-14(8-16(25)21(18(20)27)30-9-29-2)23(13)12-6-4-3-5-11(12)22(28)32-23/h3-8H,9H2,1-2H3. The van der Waals surface area contributed by atoms with E-state index in [4.69, 9.17) is 18.9 Å². The number of carbonyl (C=O) groups excluding carboxylic acids is 1. The molecule has 0 saturated carbocycles. The molecule has 2 aliphatic rings. The summed E-state index contributed by atoms with van der Waals surface area (Å²) in [7, 11) is 1.26. The van der Waals surface area contributed by atoms with Gasteiger partial charge in [0, 0.05) is 18.2 Å². The molecule has 5 nitrogen and oxygen atoms in total. The average molecular weight is 446 g/mol. The molecule has 0 aliphatic carbocycles. The van der Waals surface area contributed by atoms with Crippen LogP contribution in [0.15, 0.2) is 36.4 Å². The first-order chi connectivity index (χ1) is 15.3. The zero-order valence-corrected chi connectivity index (χ0v) is 16.7. The zero-order valence-electron chi connectivity index (χ0n) is 16.7. The van der Waals surface area contributed by atoms with Crippen molar-refractivity contribution in [2.24, 2.45) is 0 Å². The van der Waals surface area contributed by atoms with Gasteiger partial charge in [-0.15, -0.1) is 0 Å². The van der Waals surface area contributed by atoms with Gasteiger partial charge in [-0.05, 0) is 25.1 Å². The molecule has 0 fully saturated rings. The summed E-state index contributed by atoms with van der Waals surface area (Å²) in [6, 6.07) is 7.87. The summed E-state index contributed by atoms with van der Waals surface area (Å²) >= 11 is 0. The maximum atomic E-state index is 15.4. The fourth-order valence-corrected chi connectivity index (χ4v) is 4.12. The number of hydrogen-bond acceptors (Lipinski definition) is 5. The molecule has 5 rings (SSSR count). The Balaban J connectivity index is 1.90. The monoisotopic (exact) mass is 446 g/mol. The molecule has 0 radical (unpaired) electrons. The van der Waals surface area contributed by atoms with Crippen molar-refractivity contribution in [3.8, 4) is 17.2 Å². The Kier molecular flexibility index (Phi) is 4.42. The third-order valence-corrected chi connectivity index (χ3v) is 5.59. The van der Waals surface area contributed by atoms with Gasteiger partial charge in [0.2, 0.25) is 5.82 Å². The predicted molar refractivity (Wildman–Crippen MR) is 102 cm³/mol. The van der Waals surface area contributed by atoms with E-state index >= 15 is 8.78 Å². The molecule has 3 aromatic rings. The van der Waals surface area contributed by atoms with Gasteiger partial charge in [-0.25, -0.2) is 18.0 Å². The van der Waals surface area contributed by atoms with Crippen LogP contribution < -0.4 is 9.47 Å². The van der Waals surface area contributed by atoms with Crippen molar-refractivity contribution in [3.63, 3.8) is 0 Å². The first kappa shape index (κ1) is 20.3. The predicted octanol–water partition coefficient (Wildman–Crippen LogP) is 5.10. The van der Waals surface area contributed by atoms with Crippen molar-refractivity contribution in [1.29, 1.82) is 0 Å². The number of hydrogen-bond donors (Lipinski definition) is 0. The van der Waals surface area contributed by atoms with Gasteiger partial charge in [0.05, 0.1) is 16.7 Å². The van der Waals surface area contributed by atoms with Gasteiger partial charge in [0.15, 0.2) is 41.3 Å². The number of fused-ring (bicyclic) bond motifs is 6. The minimum atomic E-state index is -2.03. The summed E-state index contributed by atoms with van der Waals surface area (Å²) in [4.78, 5) is 12.7. The molecule has 32 heavy (non-hydrogen) atoms. The molecule has 1 unspecified atom stereocenters. The molecule has 0 amide bonds. The number of methoxy groups -OCH3 is 1. The van der Waals surface area contributed by atoms with E-state index < -0.39 is 58.9 Å². The van der Waals surface area contributed by atoms with Gasteiger partial charge in [0.25, 0.3) is 0 Å². The van der Waals surface area contributed by atoms with E-state index in [2.05, 4.69) is 0 Å². The summed E-state index contributed by atoms with van der Waals surface area (Å²) in [5.74, 6) is -7.25. The van der Waals surface area contributed by atoms with Gasteiger partial charge >= 0.3 is 5.97 Å². The first-order valence-corrected chi connectivity index (χ1v) is 9.45. The summed E-state index contributed by atoms with van der Waals surface area (Å²) < 4.78 is 80.8. The number of halogens is 4. The van der Waals surface area contributed by atoms with Crippen LogP contribution >= 0.6 is 0 Å². The number of benzene rings is 3. The van der Waals surface area contributed by atoms with Gasteiger partial charge in [0.1, 0.15) is 5.82 Å². The van der Waals surface area contributed by atoms with Crippen LogP contribution in [0.4, 0.5) is 17.6 Å². The van der Waals surface area contributed by atoms with Crippen molar-refractivity contribution < 1.29 is 41.3 Å². The van der Waals surface area contributed by atoms with Gasteiger partial charge in [-0.3, -0.25) is 0 Å². The lowest BCUT2D eigenvalue weighted by Crippen LogP contribution is -2.34. The van der Waals surface area contributed by atoms with Crippen LogP contribution in [-0.2, 0) is 15.1 Å². The fraction of sp³-hybridized carbons (Fsp3) is 0.174. The summed E-state index contributed by atoms with van der Waals surface area (Å²) in [5, 5.41) is 0. The van der Waals surface area contributed by atoms with Gasteiger partial charge in [-0.2, -0.15) is 4.39 Å². The van der Waals surface area contributed by atoms with Crippen LogP contribution in [-0.4, -0.2) is 19.9 Å². The van der Waals surface area contributed by atoms with Gasteiger partial charge < -0.3 is 18.9 Å². The molecular weight excluding hydrogens is 432 g/mol. The van der Waals surface area contributed by atoms with E-state index in [9.17, 15) is 13.6 Å². The smallest absolute Gasteiger partial charge is 0.340 e. The molecule has 0 N–H and O–H groups in total. The average Bonchev–Trinajstić information content (AvgIpc) is 3.07. The summed E-state index contributed by atoms with van der Waals surface area (Å²) in [6.07, 6.45) is 0.